The number of nitrogens with one attached hydrogen (secondary N) is 1. The maximum absolute atomic E-state index is 12.9. The highest BCUT2D eigenvalue weighted by atomic mass is 35.5. The van der Waals surface area contributed by atoms with Crippen LogP contribution in [0.3, 0.4) is 0 Å². The second kappa shape index (κ2) is 9.14. The van der Waals surface area contributed by atoms with Crippen LogP contribution in [0.4, 0.5) is 5.82 Å². The van der Waals surface area contributed by atoms with E-state index in [1.165, 1.54) is 0 Å². The molecule has 0 aliphatic carbocycles. The monoisotopic (exact) mass is 509 g/mol. The van der Waals surface area contributed by atoms with E-state index in [1.807, 2.05) is 41.8 Å². The Bertz CT molecular complexity index is 1520. The van der Waals surface area contributed by atoms with Crippen LogP contribution in [-0.2, 0) is 6.54 Å². The minimum Gasteiger partial charge on any atom is -0.306 e. The van der Waals surface area contributed by atoms with Crippen LogP contribution >= 0.6 is 34.8 Å². The van der Waals surface area contributed by atoms with E-state index < -0.39 is 0 Å². The number of aryl methyl sites for hydroxylation is 1. The molecular formula is C25H18Cl3N5O. The third-order valence-corrected chi connectivity index (χ3v) is 6.19. The van der Waals surface area contributed by atoms with Crippen molar-refractivity contribution in [2.24, 2.45) is 0 Å². The van der Waals surface area contributed by atoms with E-state index in [0.29, 0.717) is 38.9 Å². The van der Waals surface area contributed by atoms with Crippen molar-refractivity contribution in [1.82, 2.24) is 19.3 Å². The van der Waals surface area contributed by atoms with Crippen molar-refractivity contribution in [3.63, 3.8) is 0 Å². The van der Waals surface area contributed by atoms with Gasteiger partial charge in [-0.3, -0.25) is 4.79 Å². The average molecular weight is 511 g/mol. The van der Waals surface area contributed by atoms with E-state index in [-0.39, 0.29) is 5.91 Å². The predicted octanol–water partition coefficient (Wildman–Crippen LogP) is 6.79. The van der Waals surface area contributed by atoms with Crippen LogP contribution in [-0.4, -0.2) is 25.2 Å². The molecule has 0 saturated heterocycles. The number of carbonyl (C=O) groups excluding carboxylic acids is 1. The molecule has 1 N–H and O–H groups in total. The van der Waals surface area contributed by atoms with Crippen LogP contribution in [0.2, 0.25) is 15.1 Å². The van der Waals surface area contributed by atoms with E-state index in [2.05, 4.69) is 10.4 Å². The van der Waals surface area contributed by atoms with E-state index in [0.717, 1.165) is 22.3 Å². The van der Waals surface area contributed by atoms with Crippen molar-refractivity contribution in [2.45, 2.75) is 13.5 Å². The zero-order valence-corrected chi connectivity index (χ0v) is 20.2. The highest BCUT2D eigenvalue weighted by Crippen LogP contribution is 2.27. The number of hydrogen-bond acceptors (Lipinski definition) is 3. The van der Waals surface area contributed by atoms with Crippen LogP contribution in [0.5, 0.6) is 0 Å². The molecule has 0 aliphatic rings. The number of carbonyl (C=O) groups is 1. The van der Waals surface area contributed by atoms with E-state index in [4.69, 9.17) is 39.8 Å². The summed E-state index contributed by atoms with van der Waals surface area (Å²) in [5.41, 5.74) is 3.80. The second-order valence-electron chi connectivity index (χ2n) is 7.77. The Morgan fingerprint density at radius 3 is 2.44 bits per heavy atom. The molecule has 3 aromatic carbocycles. The predicted molar refractivity (Wildman–Crippen MR) is 137 cm³/mol. The number of hydrogen-bond donors (Lipinski definition) is 1. The standard InChI is InChI=1S/C25H18Cl3N5O/c1-15-12-23(30-24(34)16-6-9-18(26)10-7-16)33(31-15)25-29-21-4-2-3-5-22(21)32(25)14-17-8-11-19(27)13-20(17)28/h2-13H,14H2,1H3,(H,30,34). The Morgan fingerprint density at radius 1 is 0.941 bits per heavy atom. The second-order valence-corrected chi connectivity index (χ2v) is 9.05. The highest BCUT2D eigenvalue weighted by Gasteiger charge is 2.19. The van der Waals surface area contributed by atoms with Crippen LogP contribution < -0.4 is 5.32 Å². The third-order valence-electron chi connectivity index (χ3n) is 5.35. The lowest BCUT2D eigenvalue weighted by atomic mass is 10.2. The first-order valence-electron chi connectivity index (χ1n) is 10.4. The van der Waals surface area contributed by atoms with Gasteiger partial charge in [0.25, 0.3) is 5.91 Å². The third kappa shape index (κ3) is 4.40. The zero-order valence-electron chi connectivity index (χ0n) is 18.0. The van der Waals surface area contributed by atoms with E-state index >= 15 is 0 Å². The summed E-state index contributed by atoms with van der Waals surface area (Å²) in [7, 11) is 0. The van der Waals surface area contributed by atoms with E-state index in [9.17, 15) is 4.79 Å². The van der Waals surface area contributed by atoms with Crippen molar-refractivity contribution in [3.8, 4) is 5.95 Å². The van der Waals surface area contributed by atoms with Gasteiger partial charge in [0.15, 0.2) is 0 Å². The molecule has 5 aromatic rings. The number of nitrogens with zero attached hydrogens (tertiary/aromatic N) is 4. The zero-order chi connectivity index (χ0) is 23.8. The summed E-state index contributed by atoms with van der Waals surface area (Å²) in [5, 5.41) is 9.25. The van der Waals surface area contributed by atoms with Crippen LogP contribution in [0.1, 0.15) is 21.6 Å². The molecule has 0 saturated carbocycles. The van der Waals surface area contributed by atoms with Crippen LogP contribution in [0.15, 0.2) is 72.8 Å². The molecule has 5 rings (SSSR count). The maximum atomic E-state index is 12.9. The first-order chi connectivity index (χ1) is 16.4. The van der Waals surface area contributed by atoms with Crippen molar-refractivity contribution in [1.29, 1.82) is 0 Å². The topological polar surface area (TPSA) is 64.7 Å². The summed E-state index contributed by atoms with van der Waals surface area (Å²) in [6.45, 7) is 2.30. The number of para-hydroxylation sites is 2. The van der Waals surface area contributed by atoms with Gasteiger partial charge in [0.2, 0.25) is 5.95 Å². The lowest BCUT2D eigenvalue weighted by Crippen LogP contribution is -2.17. The van der Waals surface area contributed by atoms with Gasteiger partial charge in [0, 0.05) is 26.7 Å². The van der Waals surface area contributed by atoms with Gasteiger partial charge < -0.3 is 9.88 Å². The fourth-order valence-electron chi connectivity index (χ4n) is 3.73. The summed E-state index contributed by atoms with van der Waals surface area (Å²) in [4.78, 5) is 17.7. The number of anilines is 1. The van der Waals surface area contributed by atoms with Gasteiger partial charge in [0.1, 0.15) is 5.82 Å². The molecule has 0 spiro atoms. The molecule has 2 heterocycles. The molecular weight excluding hydrogens is 493 g/mol. The molecule has 170 valence electrons. The van der Waals surface area contributed by atoms with Crippen LogP contribution in [0.25, 0.3) is 17.0 Å². The summed E-state index contributed by atoms with van der Waals surface area (Å²) < 4.78 is 3.64. The Morgan fingerprint density at radius 2 is 1.68 bits per heavy atom. The molecule has 6 nitrogen and oxygen atoms in total. The minimum absolute atomic E-state index is 0.277. The van der Waals surface area contributed by atoms with Gasteiger partial charge in [-0.05, 0) is 61.0 Å². The molecule has 0 fully saturated rings. The van der Waals surface area contributed by atoms with Gasteiger partial charge in [-0.25, -0.2) is 4.98 Å². The van der Waals surface area contributed by atoms with Crippen molar-refractivity contribution < 1.29 is 4.79 Å². The number of imidazole rings is 1. The number of fused-ring (bicyclic) bond motifs is 1. The first kappa shape index (κ1) is 22.5. The van der Waals surface area contributed by atoms with Gasteiger partial charge in [-0.15, -0.1) is 0 Å². The number of halogens is 3. The fraction of sp³-hybridized carbons (Fsp3) is 0.0800. The quantitative estimate of drug-likeness (QED) is 0.283. The van der Waals surface area contributed by atoms with Gasteiger partial charge >= 0.3 is 0 Å². The Labute approximate surface area is 210 Å². The molecule has 34 heavy (non-hydrogen) atoms. The molecule has 2 aromatic heterocycles. The van der Waals surface area contributed by atoms with E-state index in [1.54, 1.807) is 47.1 Å². The number of benzene rings is 3. The molecule has 1 amide bonds. The molecule has 9 heteroatoms. The molecule has 0 bridgehead atoms. The Hall–Kier alpha value is -3.32. The molecule has 0 aliphatic heterocycles. The van der Waals surface area contributed by atoms with Crippen LogP contribution in [0, 0.1) is 6.92 Å². The lowest BCUT2D eigenvalue weighted by molar-refractivity contribution is 0.102. The summed E-state index contributed by atoms with van der Waals surface area (Å²) >= 11 is 18.5. The molecule has 0 unspecified atom stereocenters. The summed E-state index contributed by atoms with van der Waals surface area (Å²) in [6, 6.07) is 21.7. The van der Waals surface area contributed by atoms with Gasteiger partial charge in [-0.1, -0.05) is 53.0 Å². The smallest absolute Gasteiger partial charge is 0.256 e. The summed E-state index contributed by atoms with van der Waals surface area (Å²) in [6.07, 6.45) is 0. The van der Waals surface area contributed by atoms with Crippen molar-refractivity contribution in [2.75, 3.05) is 5.32 Å². The fourth-order valence-corrected chi connectivity index (χ4v) is 4.33. The Balaban J connectivity index is 1.59. The van der Waals surface area contributed by atoms with Gasteiger partial charge in [0.05, 0.1) is 23.3 Å². The normalized spacial score (nSPS) is 11.2. The Kier molecular flexibility index (Phi) is 6.04. The average Bonchev–Trinajstić information content (AvgIpc) is 3.35. The van der Waals surface area contributed by atoms with Gasteiger partial charge in [-0.2, -0.15) is 9.78 Å². The molecule has 0 radical (unpaired) electrons. The highest BCUT2D eigenvalue weighted by molar-refractivity contribution is 6.35. The number of amides is 1. The lowest BCUT2D eigenvalue weighted by Gasteiger charge is -2.13. The maximum Gasteiger partial charge on any atom is 0.256 e. The first-order valence-corrected chi connectivity index (χ1v) is 11.6. The minimum atomic E-state index is -0.277. The molecule has 0 atom stereocenters. The number of aromatic nitrogens is 4. The summed E-state index contributed by atoms with van der Waals surface area (Å²) in [5.74, 6) is 0.768. The largest absolute Gasteiger partial charge is 0.306 e. The van der Waals surface area contributed by atoms with Crippen molar-refractivity contribution >= 4 is 57.6 Å². The van der Waals surface area contributed by atoms with Crippen molar-refractivity contribution in [3.05, 3.63) is 105 Å². The SMILES string of the molecule is Cc1cc(NC(=O)c2ccc(Cl)cc2)n(-c2nc3ccccc3n2Cc2ccc(Cl)cc2Cl)n1. The number of rotatable bonds is 5.